The van der Waals surface area contributed by atoms with E-state index in [1.54, 1.807) is 13.2 Å². The van der Waals surface area contributed by atoms with Crippen LogP contribution in [0.1, 0.15) is 21.6 Å². The van der Waals surface area contributed by atoms with Crippen molar-refractivity contribution in [3.8, 4) is 0 Å². The van der Waals surface area contributed by atoms with Gasteiger partial charge in [-0.2, -0.15) is 0 Å². The Kier molecular flexibility index (Phi) is 3.18. The van der Waals surface area contributed by atoms with Crippen LogP contribution in [0.15, 0.2) is 18.3 Å². The topological polar surface area (TPSA) is 47.8 Å². The van der Waals surface area contributed by atoms with Crippen LogP contribution in [0.4, 0.5) is 8.78 Å². The van der Waals surface area contributed by atoms with E-state index in [-0.39, 0.29) is 17.5 Å². The predicted octanol–water partition coefficient (Wildman–Crippen LogP) is 1.83. The molecule has 1 heterocycles. The molecule has 1 aromatic heterocycles. The molecule has 0 bridgehead atoms. The number of nitrogens with zero attached hydrogens (tertiary/aromatic N) is 3. The van der Waals surface area contributed by atoms with Gasteiger partial charge < -0.3 is 0 Å². The average molecular weight is 251 g/mol. The molecule has 0 N–H and O–H groups in total. The third-order valence-corrected chi connectivity index (χ3v) is 2.54. The number of Topliss-reactive ketones (excluding diaryl/α,β-unsaturated/α-hetero) is 1. The second kappa shape index (κ2) is 4.64. The second-order valence-corrected chi connectivity index (χ2v) is 4.06. The standard InChI is InChI=1S/C12H11F2N3O/c1-7-3-9(11(14)5-10(7)13)12(18)4-8-6-17(2)16-15-8/h3,5-6H,4H2,1-2H3. The minimum Gasteiger partial charge on any atom is -0.294 e. The van der Waals surface area contributed by atoms with Gasteiger partial charge in [-0.1, -0.05) is 5.21 Å². The predicted molar refractivity (Wildman–Crippen MR) is 60.1 cm³/mol. The first-order valence-corrected chi connectivity index (χ1v) is 5.31. The molecule has 18 heavy (non-hydrogen) atoms. The molecule has 0 saturated carbocycles. The van der Waals surface area contributed by atoms with Crippen molar-refractivity contribution in [2.45, 2.75) is 13.3 Å². The minimum atomic E-state index is -0.855. The molecule has 0 amide bonds. The molecule has 0 aliphatic heterocycles. The SMILES string of the molecule is Cc1cc(C(=O)Cc2cn(C)nn2)c(F)cc1F. The van der Waals surface area contributed by atoms with Gasteiger partial charge in [-0.25, -0.2) is 8.78 Å². The zero-order valence-electron chi connectivity index (χ0n) is 9.94. The zero-order chi connectivity index (χ0) is 13.3. The van der Waals surface area contributed by atoms with Crippen LogP contribution in [0.2, 0.25) is 0 Å². The zero-order valence-corrected chi connectivity index (χ0v) is 9.94. The van der Waals surface area contributed by atoms with E-state index in [4.69, 9.17) is 0 Å². The van der Waals surface area contributed by atoms with Crippen molar-refractivity contribution in [2.24, 2.45) is 7.05 Å². The largest absolute Gasteiger partial charge is 0.294 e. The van der Waals surface area contributed by atoms with E-state index < -0.39 is 17.4 Å². The molecule has 1 aromatic carbocycles. The molecule has 0 fully saturated rings. The van der Waals surface area contributed by atoms with Crippen molar-refractivity contribution in [2.75, 3.05) is 0 Å². The monoisotopic (exact) mass is 251 g/mol. The Balaban J connectivity index is 2.26. The van der Waals surface area contributed by atoms with Gasteiger partial charge >= 0.3 is 0 Å². The number of carbonyl (C=O) groups is 1. The highest BCUT2D eigenvalue weighted by Crippen LogP contribution is 2.16. The van der Waals surface area contributed by atoms with Gasteiger partial charge in [0.1, 0.15) is 11.6 Å². The van der Waals surface area contributed by atoms with Gasteiger partial charge in [0.15, 0.2) is 5.78 Å². The van der Waals surface area contributed by atoms with Crippen LogP contribution in [0, 0.1) is 18.6 Å². The number of hydrogen-bond acceptors (Lipinski definition) is 3. The molecular formula is C12H11F2N3O. The molecule has 0 aliphatic rings. The Morgan fingerprint density at radius 2 is 2.06 bits per heavy atom. The van der Waals surface area contributed by atoms with Crippen molar-refractivity contribution < 1.29 is 13.6 Å². The third-order valence-electron chi connectivity index (χ3n) is 2.54. The lowest BCUT2D eigenvalue weighted by atomic mass is 10.0. The summed E-state index contributed by atoms with van der Waals surface area (Å²) in [6, 6.07) is 1.93. The number of aryl methyl sites for hydroxylation is 2. The Morgan fingerprint density at radius 3 is 2.67 bits per heavy atom. The lowest BCUT2D eigenvalue weighted by molar-refractivity contribution is 0.0988. The van der Waals surface area contributed by atoms with Gasteiger partial charge in [-0.3, -0.25) is 9.48 Å². The summed E-state index contributed by atoms with van der Waals surface area (Å²) in [7, 11) is 1.67. The third kappa shape index (κ3) is 2.42. The summed E-state index contributed by atoms with van der Waals surface area (Å²) in [4.78, 5) is 11.9. The molecule has 6 heteroatoms. The first kappa shape index (κ1) is 12.3. The van der Waals surface area contributed by atoms with Crippen LogP contribution in [0.25, 0.3) is 0 Å². The van der Waals surface area contributed by atoms with Gasteiger partial charge in [-0.05, 0) is 18.6 Å². The van der Waals surface area contributed by atoms with Crippen molar-refractivity contribution in [1.29, 1.82) is 0 Å². The van der Waals surface area contributed by atoms with Crippen molar-refractivity contribution in [3.05, 3.63) is 46.8 Å². The molecule has 0 radical (unpaired) electrons. The number of hydrogen-bond donors (Lipinski definition) is 0. The molecule has 0 aliphatic carbocycles. The lowest BCUT2D eigenvalue weighted by Crippen LogP contribution is -2.08. The van der Waals surface area contributed by atoms with Crippen LogP contribution in [-0.2, 0) is 13.5 Å². The maximum atomic E-state index is 13.5. The first-order valence-electron chi connectivity index (χ1n) is 5.31. The van der Waals surface area contributed by atoms with Crippen LogP contribution in [0.5, 0.6) is 0 Å². The maximum Gasteiger partial charge on any atom is 0.171 e. The number of rotatable bonds is 3. The molecular weight excluding hydrogens is 240 g/mol. The van der Waals surface area contributed by atoms with E-state index in [9.17, 15) is 13.6 Å². The smallest absolute Gasteiger partial charge is 0.171 e. The summed E-state index contributed by atoms with van der Waals surface area (Å²) >= 11 is 0. The normalized spacial score (nSPS) is 10.7. The summed E-state index contributed by atoms with van der Waals surface area (Å²) < 4.78 is 28.0. The highest BCUT2D eigenvalue weighted by atomic mass is 19.1. The Hall–Kier alpha value is -2.11. The van der Waals surface area contributed by atoms with E-state index in [2.05, 4.69) is 10.3 Å². The summed E-state index contributed by atoms with van der Waals surface area (Å²) in [5.41, 5.74) is 0.558. The Labute approximate surface area is 102 Å². The Morgan fingerprint density at radius 1 is 1.33 bits per heavy atom. The lowest BCUT2D eigenvalue weighted by Gasteiger charge is -2.03. The molecule has 4 nitrogen and oxygen atoms in total. The molecule has 0 atom stereocenters. The molecule has 0 spiro atoms. The minimum absolute atomic E-state index is 0.0597. The number of aromatic nitrogens is 3. The average Bonchev–Trinajstić information content (AvgIpc) is 2.69. The number of benzene rings is 1. The fraction of sp³-hybridized carbons (Fsp3) is 0.250. The molecule has 0 saturated heterocycles. The summed E-state index contributed by atoms with van der Waals surface area (Å²) in [5, 5.41) is 7.42. The van der Waals surface area contributed by atoms with Crippen molar-refractivity contribution in [3.63, 3.8) is 0 Å². The molecule has 0 unspecified atom stereocenters. The van der Waals surface area contributed by atoms with E-state index in [0.717, 1.165) is 6.07 Å². The van der Waals surface area contributed by atoms with Crippen molar-refractivity contribution in [1.82, 2.24) is 15.0 Å². The van der Waals surface area contributed by atoms with Gasteiger partial charge in [0.25, 0.3) is 0 Å². The van der Waals surface area contributed by atoms with Crippen LogP contribution >= 0.6 is 0 Å². The van der Waals surface area contributed by atoms with Gasteiger partial charge in [0.2, 0.25) is 0 Å². The van der Waals surface area contributed by atoms with E-state index in [0.29, 0.717) is 5.69 Å². The number of halogens is 2. The number of ketones is 1. The van der Waals surface area contributed by atoms with Gasteiger partial charge in [0.05, 0.1) is 17.7 Å². The Bertz CT molecular complexity index is 607. The van der Waals surface area contributed by atoms with Crippen LogP contribution < -0.4 is 0 Å². The first-order chi connectivity index (χ1) is 8.47. The fourth-order valence-electron chi connectivity index (χ4n) is 1.61. The van der Waals surface area contributed by atoms with Crippen LogP contribution in [0.3, 0.4) is 0 Å². The van der Waals surface area contributed by atoms with E-state index in [1.165, 1.54) is 17.7 Å². The summed E-state index contributed by atoms with van der Waals surface area (Å²) in [6.45, 7) is 1.48. The van der Waals surface area contributed by atoms with E-state index >= 15 is 0 Å². The quantitative estimate of drug-likeness (QED) is 0.782. The molecule has 94 valence electrons. The molecule has 2 aromatic rings. The highest BCUT2D eigenvalue weighted by Gasteiger charge is 2.16. The highest BCUT2D eigenvalue weighted by molar-refractivity contribution is 5.97. The van der Waals surface area contributed by atoms with Crippen LogP contribution in [-0.4, -0.2) is 20.8 Å². The summed E-state index contributed by atoms with van der Waals surface area (Å²) in [5.74, 6) is -1.97. The van der Waals surface area contributed by atoms with Gasteiger partial charge in [-0.15, -0.1) is 5.10 Å². The number of carbonyl (C=O) groups excluding carboxylic acids is 1. The maximum absolute atomic E-state index is 13.5. The second-order valence-electron chi connectivity index (χ2n) is 4.06. The van der Waals surface area contributed by atoms with E-state index in [1.807, 2.05) is 0 Å². The van der Waals surface area contributed by atoms with Gasteiger partial charge in [0, 0.05) is 19.3 Å². The molecule has 2 rings (SSSR count). The fourth-order valence-corrected chi connectivity index (χ4v) is 1.61. The summed E-state index contributed by atoms with van der Waals surface area (Å²) in [6.07, 6.45) is 1.52. The van der Waals surface area contributed by atoms with Crippen molar-refractivity contribution >= 4 is 5.78 Å².